The van der Waals surface area contributed by atoms with Crippen LogP contribution in [0, 0.1) is 19.8 Å². The number of likely N-dealkylation sites (tertiary alicyclic amines) is 1. The largest absolute Gasteiger partial charge is 0.361 e. The SMILES string of the molecule is CCNC1CCN(C(C)c2c(C)noc2C)C(C)C1C. The second-order valence-electron chi connectivity index (χ2n) is 6.20. The number of rotatable bonds is 4. The maximum Gasteiger partial charge on any atom is 0.138 e. The van der Waals surface area contributed by atoms with E-state index in [4.69, 9.17) is 4.52 Å². The van der Waals surface area contributed by atoms with Crippen molar-refractivity contribution >= 4 is 0 Å². The maximum atomic E-state index is 5.34. The van der Waals surface area contributed by atoms with Crippen LogP contribution in [0.4, 0.5) is 0 Å². The van der Waals surface area contributed by atoms with Crippen LogP contribution >= 0.6 is 0 Å². The van der Waals surface area contributed by atoms with Gasteiger partial charge in [-0.15, -0.1) is 0 Å². The Hall–Kier alpha value is -0.870. The van der Waals surface area contributed by atoms with Crippen molar-refractivity contribution < 1.29 is 4.52 Å². The number of nitrogens with one attached hydrogen (secondary N) is 1. The van der Waals surface area contributed by atoms with Crippen LogP contribution in [-0.4, -0.2) is 35.2 Å². The van der Waals surface area contributed by atoms with Gasteiger partial charge < -0.3 is 9.84 Å². The van der Waals surface area contributed by atoms with Gasteiger partial charge in [0, 0.05) is 30.2 Å². The molecule has 0 spiro atoms. The van der Waals surface area contributed by atoms with E-state index in [1.807, 2.05) is 13.8 Å². The standard InChI is InChI=1S/C16H29N3O/c1-7-17-15-8-9-19(12(4)10(15)2)13(5)16-11(3)18-20-14(16)6/h10,12-13,15,17H,7-9H2,1-6H3. The van der Waals surface area contributed by atoms with Crippen molar-refractivity contribution in [2.24, 2.45) is 5.92 Å². The van der Waals surface area contributed by atoms with Gasteiger partial charge in [-0.05, 0) is 46.6 Å². The monoisotopic (exact) mass is 279 g/mol. The minimum absolute atomic E-state index is 0.376. The van der Waals surface area contributed by atoms with Crippen LogP contribution in [0.25, 0.3) is 0 Å². The highest BCUT2D eigenvalue weighted by molar-refractivity contribution is 5.25. The molecule has 4 atom stereocenters. The zero-order valence-corrected chi connectivity index (χ0v) is 13.7. The lowest BCUT2D eigenvalue weighted by Gasteiger charge is -2.45. The van der Waals surface area contributed by atoms with Crippen LogP contribution in [0.1, 0.15) is 57.2 Å². The molecule has 1 aromatic rings. The maximum absolute atomic E-state index is 5.34. The number of nitrogens with zero attached hydrogens (tertiary/aromatic N) is 2. The van der Waals surface area contributed by atoms with Gasteiger partial charge in [0.05, 0.1) is 5.69 Å². The average Bonchev–Trinajstić information content (AvgIpc) is 2.74. The molecule has 0 saturated carbocycles. The van der Waals surface area contributed by atoms with Crippen LogP contribution in [0.15, 0.2) is 4.52 Å². The van der Waals surface area contributed by atoms with Crippen molar-refractivity contribution in [3.8, 4) is 0 Å². The van der Waals surface area contributed by atoms with Crippen molar-refractivity contribution in [3.63, 3.8) is 0 Å². The molecule has 2 heterocycles. The Morgan fingerprint density at radius 2 is 2.10 bits per heavy atom. The Morgan fingerprint density at radius 1 is 1.40 bits per heavy atom. The van der Waals surface area contributed by atoms with E-state index in [1.54, 1.807) is 0 Å². The summed E-state index contributed by atoms with van der Waals surface area (Å²) >= 11 is 0. The minimum Gasteiger partial charge on any atom is -0.361 e. The lowest BCUT2D eigenvalue weighted by Crippen LogP contribution is -2.53. The molecule has 0 bridgehead atoms. The second kappa shape index (κ2) is 6.27. The molecule has 4 nitrogen and oxygen atoms in total. The molecule has 114 valence electrons. The number of piperidine rings is 1. The van der Waals surface area contributed by atoms with Crippen LogP contribution in [0.2, 0.25) is 0 Å². The predicted molar refractivity (Wildman–Crippen MR) is 81.8 cm³/mol. The van der Waals surface area contributed by atoms with E-state index in [1.165, 1.54) is 12.0 Å². The summed E-state index contributed by atoms with van der Waals surface area (Å²) in [6.45, 7) is 15.4. The third-order valence-electron chi connectivity index (χ3n) is 5.09. The van der Waals surface area contributed by atoms with Gasteiger partial charge in [-0.1, -0.05) is 19.0 Å². The summed E-state index contributed by atoms with van der Waals surface area (Å²) in [4.78, 5) is 2.60. The molecule has 0 aliphatic carbocycles. The van der Waals surface area contributed by atoms with Crippen molar-refractivity contribution in [1.29, 1.82) is 0 Å². The molecule has 4 unspecified atom stereocenters. The molecule has 1 N–H and O–H groups in total. The zero-order valence-electron chi connectivity index (χ0n) is 13.7. The van der Waals surface area contributed by atoms with Crippen LogP contribution in [0.5, 0.6) is 0 Å². The molecule has 4 heteroatoms. The third kappa shape index (κ3) is 2.77. The Bertz CT molecular complexity index is 423. The molecule has 0 aromatic carbocycles. The van der Waals surface area contributed by atoms with Crippen molar-refractivity contribution in [1.82, 2.24) is 15.4 Å². The molecule has 1 aliphatic rings. The fourth-order valence-corrected chi connectivity index (χ4v) is 3.74. The smallest absolute Gasteiger partial charge is 0.138 e. The van der Waals surface area contributed by atoms with E-state index >= 15 is 0 Å². The van der Waals surface area contributed by atoms with Gasteiger partial charge in [0.25, 0.3) is 0 Å². The second-order valence-corrected chi connectivity index (χ2v) is 6.20. The molecule has 2 rings (SSSR count). The van der Waals surface area contributed by atoms with Gasteiger partial charge in [-0.3, -0.25) is 4.90 Å². The number of aryl methyl sites for hydroxylation is 2. The third-order valence-corrected chi connectivity index (χ3v) is 5.09. The Balaban J connectivity index is 2.14. The topological polar surface area (TPSA) is 41.3 Å². The number of hydrogen-bond acceptors (Lipinski definition) is 4. The van der Waals surface area contributed by atoms with Gasteiger partial charge in [-0.25, -0.2) is 0 Å². The van der Waals surface area contributed by atoms with Gasteiger partial charge in [0.2, 0.25) is 0 Å². The van der Waals surface area contributed by atoms with Crippen LogP contribution < -0.4 is 5.32 Å². The minimum atomic E-state index is 0.376. The molecule has 0 amide bonds. The first kappa shape index (κ1) is 15.5. The van der Waals surface area contributed by atoms with Crippen LogP contribution in [0.3, 0.4) is 0 Å². The molecular weight excluding hydrogens is 250 g/mol. The molecule has 1 saturated heterocycles. The van der Waals surface area contributed by atoms with E-state index in [-0.39, 0.29) is 0 Å². The highest BCUT2D eigenvalue weighted by atomic mass is 16.5. The normalized spacial score (nSPS) is 29.6. The van der Waals surface area contributed by atoms with E-state index < -0.39 is 0 Å². The molecule has 1 aliphatic heterocycles. The summed E-state index contributed by atoms with van der Waals surface area (Å²) in [5.74, 6) is 1.62. The summed E-state index contributed by atoms with van der Waals surface area (Å²) in [6, 6.07) is 1.58. The lowest BCUT2D eigenvalue weighted by atomic mass is 9.85. The van der Waals surface area contributed by atoms with E-state index in [0.717, 1.165) is 24.5 Å². The summed E-state index contributed by atoms with van der Waals surface area (Å²) < 4.78 is 5.34. The number of aromatic nitrogens is 1. The summed E-state index contributed by atoms with van der Waals surface area (Å²) in [5.41, 5.74) is 2.30. The molecular formula is C16H29N3O. The first-order valence-corrected chi connectivity index (χ1v) is 7.89. The Morgan fingerprint density at radius 3 is 2.65 bits per heavy atom. The molecule has 1 fully saturated rings. The molecule has 20 heavy (non-hydrogen) atoms. The van der Waals surface area contributed by atoms with Crippen molar-refractivity contribution in [2.75, 3.05) is 13.1 Å². The van der Waals surface area contributed by atoms with Crippen molar-refractivity contribution in [2.45, 2.75) is 66.1 Å². The van der Waals surface area contributed by atoms with Gasteiger partial charge >= 0.3 is 0 Å². The predicted octanol–water partition coefficient (Wildman–Crippen LogP) is 3.06. The first-order valence-electron chi connectivity index (χ1n) is 7.89. The van der Waals surface area contributed by atoms with E-state index in [0.29, 0.717) is 24.0 Å². The quantitative estimate of drug-likeness (QED) is 0.919. The van der Waals surface area contributed by atoms with Gasteiger partial charge in [0.15, 0.2) is 0 Å². The fourth-order valence-electron chi connectivity index (χ4n) is 3.74. The van der Waals surface area contributed by atoms with E-state index in [9.17, 15) is 0 Å². The van der Waals surface area contributed by atoms with Gasteiger partial charge in [-0.2, -0.15) is 0 Å². The van der Waals surface area contributed by atoms with E-state index in [2.05, 4.69) is 43.1 Å². The highest BCUT2D eigenvalue weighted by Gasteiger charge is 2.35. The van der Waals surface area contributed by atoms with Crippen LogP contribution in [-0.2, 0) is 0 Å². The van der Waals surface area contributed by atoms with Gasteiger partial charge in [0.1, 0.15) is 5.76 Å². The molecule has 0 radical (unpaired) electrons. The molecule has 1 aromatic heterocycles. The fraction of sp³-hybridized carbons (Fsp3) is 0.812. The summed E-state index contributed by atoms with van der Waals surface area (Å²) in [7, 11) is 0. The summed E-state index contributed by atoms with van der Waals surface area (Å²) in [5, 5.41) is 7.73. The Kier molecular flexibility index (Phi) is 4.86. The first-order chi connectivity index (χ1) is 9.47. The average molecular weight is 279 g/mol. The van der Waals surface area contributed by atoms with Crippen molar-refractivity contribution in [3.05, 3.63) is 17.0 Å². The lowest BCUT2D eigenvalue weighted by molar-refractivity contribution is 0.0522. The number of hydrogen-bond donors (Lipinski definition) is 1. The Labute approximate surface area is 122 Å². The zero-order chi connectivity index (χ0) is 14.9. The highest BCUT2D eigenvalue weighted by Crippen LogP contribution is 2.33. The summed E-state index contributed by atoms with van der Waals surface area (Å²) in [6.07, 6.45) is 1.22.